The summed E-state index contributed by atoms with van der Waals surface area (Å²) >= 11 is 0. The van der Waals surface area contributed by atoms with Gasteiger partial charge in [0.15, 0.2) is 0 Å². The molecule has 0 saturated carbocycles. The summed E-state index contributed by atoms with van der Waals surface area (Å²) in [5, 5.41) is 2.77. The summed E-state index contributed by atoms with van der Waals surface area (Å²) in [6, 6.07) is 6.03. The van der Waals surface area contributed by atoms with Crippen LogP contribution < -0.4 is 10.8 Å². The lowest BCUT2D eigenvalue weighted by Gasteiger charge is -2.32. The van der Waals surface area contributed by atoms with E-state index in [2.05, 4.69) is 17.2 Å². The molecule has 2 aromatic rings. The van der Waals surface area contributed by atoms with Gasteiger partial charge in [-0.25, -0.2) is 9.78 Å². The maximum absolute atomic E-state index is 11.6. The van der Waals surface area contributed by atoms with Crippen LogP contribution in [0.3, 0.4) is 0 Å². The van der Waals surface area contributed by atoms with Crippen molar-refractivity contribution in [1.29, 1.82) is 0 Å². The van der Waals surface area contributed by atoms with Crippen LogP contribution in [-0.2, 0) is 20.6 Å². The predicted molar refractivity (Wildman–Crippen MR) is 110 cm³/mol. The van der Waals surface area contributed by atoms with E-state index in [0.29, 0.717) is 19.7 Å². The molecule has 3 rings (SSSR count). The molecule has 0 bridgehead atoms. The van der Waals surface area contributed by atoms with Gasteiger partial charge in [-0.05, 0) is 51.7 Å². The molecule has 1 amide bonds. The lowest BCUT2D eigenvalue weighted by atomic mass is 9.79. The quantitative estimate of drug-likeness (QED) is 0.584. The van der Waals surface area contributed by atoms with Crippen LogP contribution in [0.2, 0.25) is 0 Å². The molecule has 1 aliphatic heterocycles. The summed E-state index contributed by atoms with van der Waals surface area (Å²) in [5.41, 5.74) is 2.08. The number of unbranched alkanes of at least 4 members (excludes halogenated alkanes) is 1. The molecular weight excluding hydrogens is 357 g/mol. The van der Waals surface area contributed by atoms with Crippen molar-refractivity contribution in [3.05, 3.63) is 24.5 Å². The van der Waals surface area contributed by atoms with Crippen molar-refractivity contribution in [2.45, 2.75) is 65.2 Å². The third-order valence-electron chi connectivity index (χ3n) is 5.52. The number of aromatic nitrogens is 2. The van der Waals surface area contributed by atoms with Gasteiger partial charge in [0.2, 0.25) is 0 Å². The number of alkyl carbamates (subject to hydrolysis) is 1. The standard InChI is InChI=1S/C20H30BN3O4/c1-6-7-12-26-18(25)22-10-11-24-14-23-16-13-15(8-9-17(16)24)21-27-19(2,3)20(4,5)28-21/h8-9,13-14H,6-7,10-12H2,1-5H3,(H,22,25). The minimum atomic E-state index is -0.404. The first-order chi connectivity index (χ1) is 13.2. The Morgan fingerprint density at radius 1 is 1.25 bits per heavy atom. The Labute approximate surface area is 166 Å². The van der Waals surface area contributed by atoms with Crippen molar-refractivity contribution in [3.8, 4) is 0 Å². The molecule has 0 unspecified atom stereocenters. The number of rotatable bonds is 7. The number of hydrogen-bond acceptors (Lipinski definition) is 5. The molecule has 1 aliphatic rings. The zero-order valence-electron chi connectivity index (χ0n) is 17.4. The monoisotopic (exact) mass is 387 g/mol. The fraction of sp³-hybridized carbons (Fsp3) is 0.600. The Morgan fingerprint density at radius 2 is 1.96 bits per heavy atom. The Bertz CT molecular complexity index is 818. The molecule has 0 radical (unpaired) electrons. The average molecular weight is 387 g/mol. The molecule has 0 spiro atoms. The Hall–Kier alpha value is -2.06. The van der Waals surface area contributed by atoms with Crippen LogP contribution in [0.4, 0.5) is 4.79 Å². The largest absolute Gasteiger partial charge is 0.494 e. The number of nitrogens with one attached hydrogen (secondary N) is 1. The molecule has 2 heterocycles. The third kappa shape index (κ3) is 4.33. The predicted octanol–water partition coefficient (Wildman–Crippen LogP) is 2.86. The first kappa shape index (κ1) is 20.7. The minimum absolute atomic E-state index is 0.372. The third-order valence-corrected chi connectivity index (χ3v) is 5.52. The van der Waals surface area contributed by atoms with E-state index in [9.17, 15) is 4.79 Å². The number of carbonyl (C=O) groups excluding carboxylic acids is 1. The van der Waals surface area contributed by atoms with Gasteiger partial charge >= 0.3 is 13.2 Å². The van der Waals surface area contributed by atoms with Crippen LogP contribution in [0, 0.1) is 0 Å². The molecule has 152 valence electrons. The highest BCUT2D eigenvalue weighted by Gasteiger charge is 2.51. The average Bonchev–Trinajstić information content (AvgIpc) is 3.12. The van der Waals surface area contributed by atoms with Gasteiger partial charge in [0, 0.05) is 13.1 Å². The number of amides is 1. The molecule has 1 aromatic heterocycles. The second kappa shape index (κ2) is 8.13. The van der Waals surface area contributed by atoms with Gasteiger partial charge in [-0.15, -0.1) is 0 Å². The molecule has 1 N–H and O–H groups in total. The molecule has 0 aliphatic carbocycles. The van der Waals surface area contributed by atoms with Gasteiger partial charge < -0.3 is 23.9 Å². The van der Waals surface area contributed by atoms with Gasteiger partial charge in [-0.2, -0.15) is 0 Å². The van der Waals surface area contributed by atoms with E-state index >= 15 is 0 Å². The molecule has 28 heavy (non-hydrogen) atoms. The molecule has 1 saturated heterocycles. The van der Waals surface area contributed by atoms with Gasteiger partial charge in [-0.1, -0.05) is 19.4 Å². The topological polar surface area (TPSA) is 74.6 Å². The summed E-state index contributed by atoms with van der Waals surface area (Å²) in [6.45, 7) is 11.8. The smallest absolute Gasteiger partial charge is 0.450 e. The lowest BCUT2D eigenvalue weighted by molar-refractivity contribution is 0.00578. The van der Waals surface area contributed by atoms with Gasteiger partial charge in [0.1, 0.15) is 0 Å². The maximum Gasteiger partial charge on any atom is 0.494 e. The van der Waals surface area contributed by atoms with E-state index in [1.54, 1.807) is 6.33 Å². The van der Waals surface area contributed by atoms with Crippen LogP contribution in [0.25, 0.3) is 11.0 Å². The number of ether oxygens (including phenoxy) is 1. The highest BCUT2D eigenvalue weighted by molar-refractivity contribution is 6.62. The van der Waals surface area contributed by atoms with Crippen LogP contribution in [0.5, 0.6) is 0 Å². The molecule has 1 aromatic carbocycles. The highest BCUT2D eigenvalue weighted by atomic mass is 16.7. The highest BCUT2D eigenvalue weighted by Crippen LogP contribution is 2.36. The van der Waals surface area contributed by atoms with E-state index in [4.69, 9.17) is 14.0 Å². The van der Waals surface area contributed by atoms with E-state index in [0.717, 1.165) is 29.3 Å². The number of benzene rings is 1. The van der Waals surface area contributed by atoms with Gasteiger partial charge in [0.25, 0.3) is 0 Å². The summed E-state index contributed by atoms with van der Waals surface area (Å²) in [7, 11) is -0.404. The second-order valence-corrected chi connectivity index (χ2v) is 8.19. The fourth-order valence-electron chi connectivity index (χ4n) is 3.02. The van der Waals surface area contributed by atoms with Gasteiger partial charge in [0.05, 0.1) is 35.2 Å². The van der Waals surface area contributed by atoms with Crippen molar-refractivity contribution in [3.63, 3.8) is 0 Å². The van der Waals surface area contributed by atoms with Crippen LogP contribution in [0.1, 0.15) is 47.5 Å². The number of nitrogens with zero attached hydrogens (tertiary/aromatic N) is 2. The summed E-state index contributed by atoms with van der Waals surface area (Å²) in [5.74, 6) is 0. The lowest BCUT2D eigenvalue weighted by Crippen LogP contribution is -2.41. The van der Waals surface area contributed by atoms with E-state index in [1.807, 2.05) is 50.5 Å². The van der Waals surface area contributed by atoms with Crippen LogP contribution in [-0.4, -0.2) is 47.1 Å². The molecule has 8 heteroatoms. The van der Waals surface area contributed by atoms with Crippen molar-refractivity contribution in [2.24, 2.45) is 0 Å². The Morgan fingerprint density at radius 3 is 2.64 bits per heavy atom. The fourth-order valence-corrected chi connectivity index (χ4v) is 3.02. The van der Waals surface area contributed by atoms with E-state index in [1.165, 1.54) is 0 Å². The first-order valence-corrected chi connectivity index (χ1v) is 9.94. The summed E-state index contributed by atoms with van der Waals surface area (Å²) < 4.78 is 19.3. The van der Waals surface area contributed by atoms with E-state index in [-0.39, 0.29) is 17.3 Å². The SMILES string of the molecule is CCCCOC(=O)NCCn1cnc2cc(B3OC(C)(C)C(C)(C)O3)ccc21. The Kier molecular flexibility index (Phi) is 6.00. The van der Waals surface area contributed by atoms with E-state index < -0.39 is 7.12 Å². The number of hydrogen-bond donors (Lipinski definition) is 1. The number of carbonyl (C=O) groups is 1. The summed E-state index contributed by atoms with van der Waals surface area (Å²) in [6.07, 6.45) is 3.29. The number of imidazole rings is 1. The molecule has 1 fully saturated rings. The van der Waals surface area contributed by atoms with Crippen molar-refractivity contribution < 1.29 is 18.8 Å². The molecule has 0 atom stereocenters. The Balaban J connectivity index is 1.61. The van der Waals surface area contributed by atoms with Crippen LogP contribution >= 0.6 is 0 Å². The zero-order valence-corrected chi connectivity index (χ0v) is 17.4. The second-order valence-electron chi connectivity index (χ2n) is 8.19. The van der Waals surface area contributed by atoms with Crippen LogP contribution in [0.15, 0.2) is 24.5 Å². The summed E-state index contributed by atoms with van der Waals surface area (Å²) in [4.78, 5) is 16.1. The minimum Gasteiger partial charge on any atom is -0.450 e. The maximum atomic E-state index is 11.6. The zero-order chi connectivity index (χ0) is 20.4. The van der Waals surface area contributed by atoms with Crippen molar-refractivity contribution >= 4 is 29.7 Å². The normalized spacial score (nSPS) is 17.8. The van der Waals surface area contributed by atoms with Gasteiger partial charge in [-0.3, -0.25) is 0 Å². The van der Waals surface area contributed by atoms with Crippen molar-refractivity contribution in [1.82, 2.24) is 14.9 Å². The van der Waals surface area contributed by atoms with Crippen molar-refractivity contribution in [2.75, 3.05) is 13.2 Å². The molecular formula is C20H30BN3O4. The number of fused-ring (bicyclic) bond motifs is 1. The molecule has 7 nitrogen and oxygen atoms in total. The first-order valence-electron chi connectivity index (χ1n) is 9.94.